The number of fused-ring (bicyclic) bond motifs is 1. The number of hydrogen-bond donors (Lipinski definition) is 0. The van der Waals surface area contributed by atoms with Gasteiger partial charge in [-0.05, 0) is 36.7 Å². The summed E-state index contributed by atoms with van der Waals surface area (Å²) in [5.41, 5.74) is 3.34. The van der Waals surface area contributed by atoms with Crippen LogP contribution in [0.25, 0.3) is 10.9 Å². The van der Waals surface area contributed by atoms with Crippen LogP contribution in [0, 0.1) is 0 Å². The van der Waals surface area contributed by atoms with Crippen molar-refractivity contribution in [1.29, 1.82) is 0 Å². The average molecular weight is 418 g/mol. The van der Waals surface area contributed by atoms with Crippen LogP contribution < -0.4 is 20.8 Å². The molecule has 5 aromatic rings. The fourth-order valence-electron chi connectivity index (χ4n) is 4.01. The monoisotopic (exact) mass is 418 g/mol. The molecule has 1 heterocycles. The smallest absolute Gasteiger partial charge is 0.0938 e. The highest BCUT2D eigenvalue weighted by Crippen LogP contribution is 2.38. The minimum atomic E-state index is -0.695. The van der Waals surface area contributed by atoms with Gasteiger partial charge in [0.2, 0.25) is 0 Å². The number of nitrogens with zero attached hydrogens (tertiary/aromatic N) is 2. The van der Waals surface area contributed by atoms with Crippen molar-refractivity contribution in [2.45, 2.75) is 0 Å². The van der Waals surface area contributed by atoms with Gasteiger partial charge in [-0.1, -0.05) is 97.1 Å². The third-order valence-corrected chi connectivity index (χ3v) is 7.97. The van der Waals surface area contributed by atoms with E-state index in [1.165, 1.54) is 21.6 Å². The van der Waals surface area contributed by atoms with Crippen molar-refractivity contribution < 1.29 is 0 Å². The number of rotatable bonds is 5. The molecular weight excluding hydrogens is 395 g/mol. The van der Waals surface area contributed by atoms with Crippen LogP contribution in [0.4, 0.5) is 11.4 Å². The average Bonchev–Trinajstić information content (AvgIpc) is 2.85. The van der Waals surface area contributed by atoms with Crippen molar-refractivity contribution in [1.82, 2.24) is 4.98 Å². The maximum absolute atomic E-state index is 4.68. The summed E-state index contributed by atoms with van der Waals surface area (Å²) in [7, 11) is 1.45. The Balaban J connectivity index is 1.69. The number of para-hydroxylation sites is 2. The molecule has 0 aliphatic rings. The Hall–Kier alpha value is -3.48. The lowest BCUT2D eigenvalue weighted by Crippen LogP contribution is -2.25. The van der Waals surface area contributed by atoms with Crippen molar-refractivity contribution >= 4 is 46.1 Å². The van der Waals surface area contributed by atoms with E-state index >= 15 is 0 Å². The van der Waals surface area contributed by atoms with Crippen LogP contribution in [0.1, 0.15) is 0 Å². The van der Waals surface area contributed by atoms with E-state index in [1.54, 1.807) is 0 Å². The summed E-state index contributed by atoms with van der Waals surface area (Å²) < 4.78 is 0. The van der Waals surface area contributed by atoms with Gasteiger partial charge >= 0.3 is 0 Å². The molecule has 1 aromatic heterocycles. The number of benzene rings is 4. The van der Waals surface area contributed by atoms with Crippen LogP contribution in [0.15, 0.2) is 121 Å². The van der Waals surface area contributed by atoms with Crippen LogP contribution >= 0.6 is 7.92 Å². The summed E-state index contributed by atoms with van der Waals surface area (Å²) in [4.78, 5) is 6.97. The van der Waals surface area contributed by atoms with Gasteiger partial charge in [0.05, 0.1) is 11.2 Å². The van der Waals surface area contributed by atoms with Crippen LogP contribution in [0.2, 0.25) is 0 Å². The van der Waals surface area contributed by atoms with Gasteiger partial charge in [-0.25, -0.2) is 0 Å². The molecule has 5 rings (SSSR count). The normalized spacial score (nSPS) is 11.0. The zero-order chi connectivity index (χ0) is 21.0. The molecule has 0 N–H and O–H groups in total. The molecule has 31 heavy (non-hydrogen) atoms. The Bertz CT molecular complexity index is 1260. The van der Waals surface area contributed by atoms with Gasteiger partial charge in [0.25, 0.3) is 0 Å². The second-order valence-corrected chi connectivity index (χ2v) is 9.59. The first-order valence-electron chi connectivity index (χ1n) is 10.4. The Kier molecular flexibility index (Phi) is 5.48. The van der Waals surface area contributed by atoms with E-state index in [9.17, 15) is 0 Å². The molecule has 0 amide bonds. The lowest BCUT2D eigenvalue weighted by Gasteiger charge is -2.28. The fourth-order valence-corrected chi connectivity index (χ4v) is 6.49. The van der Waals surface area contributed by atoms with E-state index < -0.39 is 7.92 Å². The molecule has 0 bridgehead atoms. The second kappa shape index (κ2) is 8.71. The second-order valence-electron chi connectivity index (χ2n) is 7.41. The van der Waals surface area contributed by atoms with Crippen molar-refractivity contribution in [3.63, 3.8) is 0 Å². The zero-order valence-electron chi connectivity index (χ0n) is 17.4. The van der Waals surface area contributed by atoms with Crippen LogP contribution in [0.3, 0.4) is 0 Å². The van der Waals surface area contributed by atoms with Crippen LogP contribution in [0.5, 0.6) is 0 Å². The van der Waals surface area contributed by atoms with Crippen molar-refractivity contribution in [2.75, 3.05) is 11.9 Å². The first-order valence-corrected chi connectivity index (χ1v) is 11.7. The van der Waals surface area contributed by atoms with Crippen LogP contribution in [-0.2, 0) is 0 Å². The van der Waals surface area contributed by atoms with E-state index in [1.807, 2.05) is 12.3 Å². The van der Waals surface area contributed by atoms with E-state index in [0.29, 0.717) is 0 Å². The third kappa shape index (κ3) is 3.83. The van der Waals surface area contributed by atoms with Gasteiger partial charge in [0.15, 0.2) is 0 Å². The highest BCUT2D eigenvalue weighted by atomic mass is 31.1. The molecule has 2 nitrogen and oxygen atoms in total. The molecule has 0 spiro atoms. The maximum Gasteiger partial charge on any atom is 0.0938 e. The summed E-state index contributed by atoms with van der Waals surface area (Å²) in [5.74, 6) is 0. The molecule has 0 saturated heterocycles. The maximum atomic E-state index is 4.68. The molecule has 150 valence electrons. The Labute approximate surface area is 184 Å². The standard InChI is InChI=1S/C28H23N2P/c1-30(26-19-10-12-22-13-11-21-29-28(22)26)25-18-8-9-20-27(25)31(23-14-4-2-5-15-23)24-16-6-3-7-17-24/h2-21H,1H3. The van der Waals surface area contributed by atoms with Gasteiger partial charge in [0, 0.05) is 29.6 Å². The summed E-state index contributed by atoms with van der Waals surface area (Å²) in [5, 5.41) is 5.18. The van der Waals surface area contributed by atoms with Gasteiger partial charge in [0.1, 0.15) is 0 Å². The Morgan fingerprint density at radius 3 is 1.87 bits per heavy atom. The molecule has 0 aliphatic carbocycles. The van der Waals surface area contributed by atoms with Gasteiger partial charge < -0.3 is 4.90 Å². The van der Waals surface area contributed by atoms with Crippen LogP contribution in [-0.4, -0.2) is 12.0 Å². The Morgan fingerprint density at radius 1 is 0.581 bits per heavy atom. The fraction of sp³-hybridized carbons (Fsp3) is 0.0357. The topological polar surface area (TPSA) is 16.1 Å². The number of pyridine rings is 1. The van der Waals surface area contributed by atoms with E-state index in [2.05, 4.69) is 126 Å². The number of aromatic nitrogens is 1. The highest BCUT2D eigenvalue weighted by Gasteiger charge is 2.22. The van der Waals surface area contributed by atoms with Gasteiger partial charge in [-0.15, -0.1) is 0 Å². The molecule has 3 heteroatoms. The minimum absolute atomic E-state index is 0.695. The molecule has 0 radical (unpaired) electrons. The quantitative estimate of drug-likeness (QED) is 0.337. The molecule has 0 unspecified atom stereocenters. The number of hydrogen-bond acceptors (Lipinski definition) is 2. The van der Waals surface area contributed by atoms with Crippen molar-refractivity contribution in [3.05, 3.63) is 121 Å². The predicted octanol–water partition coefficient (Wildman–Crippen LogP) is 5.76. The molecule has 0 atom stereocenters. The van der Waals surface area contributed by atoms with Gasteiger partial charge in [-0.2, -0.15) is 0 Å². The molecule has 4 aromatic carbocycles. The predicted molar refractivity (Wildman–Crippen MR) is 135 cm³/mol. The summed E-state index contributed by atoms with van der Waals surface area (Å²) >= 11 is 0. The highest BCUT2D eigenvalue weighted by molar-refractivity contribution is 7.80. The summed E-state index contributed by atoms with van der Waals surface area (Å²) in [6.45, 7) is 0. The van der Waals surface area contributed by atoms with Gasteiger partial charge in [-0.3, -0.25) is 4.98 Å². The van der Waals surface area contributed by atoms with E-state index in [-0.39, 0.29) is 0 Å². The van der Waals surface area contributed by atoms with E-state index in [4.69, 9.17) is 0 Å². The van der Waals surface area contributed by atoms with Crippen molar-refractivity contribution in [2.24, 2.45) is 0 Å². The Morgan fingerprint density at radius 2 is 1.16 bits per heavy atom. The zero-order valence-corrected chi connectivity index (χ0v) is 18.3. The van der Waals surface area contributed by atoms with Crippen molar-refractivity contribution in [3.8, 4) is 0 Å². The first kappa shape index (κ1) is 19.5. The van der Waals surface area contributed by atoms with E-state index in [0.717, 1.165) is 16.6 Å². The summed E-state index contributed by atoms with van der Waals surface area (Å²) in [6.07, 6.45) is 1.87. The SMILES string of the molecule is CN(c1ccccc1P(c1ccccc1)c1ccccc1)c1cccc2cccnc12. The molecule has 0 aliphatic heterocycles. The minimum Gasteiger partial charge on any atom is -0.342 e. The lowest BCUT2D eigenvalue weighted by atomic mass is 10.1. The first-order chi connectivity index (χ1) is 15.3. The third-order valence-electron chi connectivity index (χ3n) is 5.49. The molecule has 0 saturated carbocycles. The number of anilines is 2. The molecule has 0 fully saturated rings. The lowest BCUT2D eigenvalue weighted by molar-refractivity contribution is 1.22. The summed E-state index contributed by atoms with van der Waals surface area (Å²) in [6, 6.07) is 40.9. The largest absolute Gasteiger partial charge is 0.342 e. The molecular formula is C28H23N2P.